The summed E-state index contributed by atoms with van der Waals surface area (Å²) < 4.78 is 175. The van der Waals surface area contributed by atoms with Gasteiger partial charge in [-0.15, -0.1) is 0 Å². The predicted octanol–water partition coefficient (Wildman–Crippen LogP) is 7.83. The summed E-state index contributed by atoms with van der Waals surface area (Å²) in [6.45, 7) is 1.32. The van der Waals surface area contributed by atoms with Crippen LogP contribution in [0, 0.1) is 0 Å². The molecule has 0 saturated heterocycles. The van der Waals surface area contributed by atoms with Gasteiger partial charge in [-0.25, -0.2) is 4.79 Å². The molecule has 0 atom stereocenters. The minimum absolute atomic E-state index is 0.171. The molecule has 2 rings (SSSR count). The highest BCUT2D eigenvalue weighted by Gasteiger charge is 2.90. The summed E-state index contributed by atoms with van der Waals surface area (Å²) in [5.74, 6) is -39.1. The maximum atomic E-state index is 13.8. The zero-order valence-corrected chi connectivity index (χ0v) is 20.1. The molecule has 0 aromatic heterocycles. The fraction of sp³-hybridized carbons (Fsp3) is 0.417. The van der Waals surface area contributed by atoms with E-state index >= 15 is 0 Å². The molecule has 0 spiro atoms. The third-order valence-electron chi connectivity index (χ3n) is 5.61. The van der Waals surface area contributed by atoms with Gasteiger partial charge in [-0.3, -0.25) is 4.79 Å². The summed E-state index contributed by atoms with van der Waals surface area (Å²) in [6, 6.07) is 4.74. The number of halogens is 13. The average Bonchev–Trinajstić information content (AvgIpc) is 2.81. The largest absolute Gasteiger partial charge is 0.462 e. The zero-order chi connectivity index (χ0) is 31.1. The third-order valence-corrected chi connectivity index (χ3v) is 5.61. The molecule has 1 aliphatic carbocycles. The van der Waals surface area contributed by atoms with E-state index in [1.54, 1.807) is 32.1 Å². The lowest BCUT2D eigenvalue weighted by Crippen LogP contribution is -2.70. The van der Waals surface area contributed by atoms with E-state index in [-0.39, 0.29) is 11.3 Å². The topological polar surface area (TPSA) is 43.4 Å². The van der Waals surface area contributed by atoms with Gasteiger partial charge in [-0.2, -0.15) is 57.1 Å². The van der Waals surface area contributed by atoms with E-state index in [0.717, 1.165) is 12.1 Å². The number of benzene rings is 1. The molecule has 1 aromatic carbocycles. The van der Waals surface area contributed by atoms with E-state index in [1.165, 1.54) is 12.1 Å². The van der Waals surface area contributed by atoms with Gasteiger partial charge in [0.15, 0.2) is 5.78 Å². The Bertz CT molecular complexity index is 1210. The summed E-state index contributed by atoms with van der Waals surface area (Å²) >= 11 is 0. The third kappa shape index (κ3) is 5.75. The Morgan fingerprint density at radius 2 is 1.18 bits per heavy atom. The van der Waals surface area contributed by atoms with Crippen LogP contribution in [0.15, 0.2) is 53.1 Å². The van der Waals surface area contributed by atoms with Gasteiger partial charge >= 0.3 is 41.8 Å². The minimum atomic E-state index is -7.99. The van der Waals surface area contributed by atoms with Crippen molar-refractivity contribution in [1.29, 1.82) is 0 Å². The van der Waals surface area contributed by atoms with Gasteiger partial charge in [0.05, 0.1) is 18.6 Å². The molecule has 0 bridgehead atoms. The van der Waals surface area contributed by atoms with Crippen molar-refractivity contribution in [2.24, 2.45) is 0 Å². The Kier molecular flexibility index (Phi) is 8.69. The van der Waals surface area contributed by atoms with Gasteiger partial charge in [0, 0.05) is 0 Å². The maximum absolute atomic E-state index is 13.8. The summed E-state index contributed by atoms with van der Waals surface area (Å²) in [6.07, 6.45) is -5.42. The van der Waals surface area contributed by atoms with Crippen LogP contribution in [0.4, 0.5) is 57.1 Å². The Morgan fingerprint density at radius 3 is 1.62 bits per heavy atom. The summed E-state index contributed by atoms with van der Waals surface area (Å²) in [4.78, 5) is 23.8. The number of esters is 1. The summed E-state index contributed by atoms with van der Waals surface area (Å²) in [5.41, 5.74) is 1.58. The average molecular weight is 600 g/mol. The number of allylic oxidation sites excluding steroid dienone is 5. The van der Waals surface area contributed by atoms with Crippen LogP contribution < -0.4 is 0 Å². The second kappa shape index (κ2) is 10.6. The van der Waals surface area contributed by atoms with Crippen molar-refractivity contribution in [1.82, 2.24) is 0 Å². The van der Waals surface area contributed by atoms with Crippen molar-refractivity contribution in [2.45, 2.75) is 56.1 Å². The molecule has 16 heteroatoms. The number of hydrogen-bond acceptors (Lipinski definition) is 3. The zero-order valence-electron chi connectivity index (χ0n) is 20.1. The minimum Gasteiger partial charge on any atom is -0.462 e. The van der Waals surface area contributed by atoms with Crippen LogP contribution in [0.25, 0.3) is 6.08 Å². The van der Waals surface area contributed by atoms with E-state index < -0.39 is 54.8 Å². The molecule has 222 valence electrons. The lowest BCUT2D eigenvalue weighted by Gasteiger charge is -2.39. The van der Waals surface area contributed by atoms with Crippen molar-refractivity contribution >= 4 is 17.8 Å². The molecule has 0 heterocycles. The van der Waals surface area contributed by atoms with E-state index in [0.29, 0.717) is 22.3 Å². The summed E-state index contributed by atoms with van der Waals surface area (Å²) in [5, 5.41) is 0. The van der Waals surface area contributed by atoms with Gasteiger partial charge < -0.3 is 4.74 Å². The molecule has 0 N–H and O–H groups in total. The molecular weight excluding hydrogens is 583 g/mol. The number of hydrogen-bond donors (Lipinski definition) is 0. The van der Waals surface area contributed by atoms with Crippen LogP contribution in [0.5, 0.6) is 0 Å². The van der Waals surface area contributed by atoms with Crippen molar-refractivity contribution in [3.63, 3.8) is 0 Å². The highest BCUT2D eigenvalue weighted by molar-refractivity contribution is 6.09. The van der Waals surface area contributed by atoms with Crippen LogP contribution in [0.1, 0.15) is 36.2 Å². The lowest BCUT2D eigenvalue weighted by molar-refractivity contribution is -0.440. The van der Waals surface area contributed by atoms with E-state index in [4.69, 9.17) is 0 Å². The van der Waals surface area contributed by atoms with Crippen LogP contribution in [0.2, 0.25) is 0 Å². The first-order valence-corrected chi connectivity index (χ1v) is 10.8. The van der Waals surface area contributed by atoms with E-state index in [1.807, 2.05) is 0 Å². The van der Waals surface area contributed by atoms with Crippen molar-refractivity contribution < 1.29 is 71.4 Å². The van der Waals surface area contributed by atoms with Gasteiger partial charge in [-0.05, 0) is 66.5 Å². The number of alkyl halides is 13. The first kappa shape index (κ1) is 32.9. The Hall–Kier alpha value is -3.33. The van der Waals surface area contributed by atoms with E-state index in [2.05, 4.69) is 4.74 Å². The Morgan fingerprint density at radius 1 is 0.725 bits per heavy atom. The number of carbonyl (C=O) groups excluding carboxylic acids is 2. The lowest BCUT2D eigenvalue weighted by atomic mass is 9.93. The molecule has 1 aromatic rings. The number of rotatable bonds is 9. The van der Waals surface area contributed by atoms with Gasteiger partial charge in [-0.1, -0.05) is 12.1 Å². The fourth-order valence-electron chi connectivity index (χ4n) is 3.29. The molecule has 40 heavy (non-hydrogen) atoms. The molecule has 0 fully saturated rings. The molecule has 1 aliphatic rings. The number of Topliss-reactive ketones (excluding diaryl/α,β-unsaturated/α-hetero) is 1. The monoisotopic (exact) mass is 600 g/mol. The predicted molar refractivity (Wildman–Crippen MR) is 113 cm³/mol. The van der Waals surface area contributed by atoms with Crippen molar-refractivity contribution in [3.8, 4) is 0 Å². The number of carbonyl (C=O) groups is 2. The second-order valence-electron chi connectivity index (χ2n) is 8.64. The van der Waals surface area contributed by atoms with Crippen molar-refractivity contribution in [2.75, 3.05) is 6.61 Å². The van der Waals surface area contributed by atoms with Gasteiger partial charge in [0.2, 0.25) is 0 Å². The molecule has 0 aliphatic heterocycles. The first-order valence-electron chi connectivity index (χ1n) is 10.8. The van der Waals surface area contributed by atoms with Crippen molar-refractivity contribution in [3.05, 3.63) is 64.3 Å². The SMILES string of the molecule is CC1=CC(=Cc2ccc(C(=O)OCCC(F)(F)C(F)(F)C(F)(F)C(F)(F)C(F)(F)C(F)(F)F)cc2)C=C(C)C1=O. The van der Waals surface area contributed by atoms with Crippen LogP contribution in [-0.4, -0.2) is 54.1 Å². The molecular formula is C24H17F13O3. The van der Waals surface area contributed by atoms with E-state index in [9.17, 15) is 66.7 Å². The Labute approximate surface area is 217 Å². The number of ketones is 1. The molecule has 0 radical (unpaired) electrons. The van der Waals surface area contributed by atoms with Crippen LogP contribution in [0.3, 0.4) is 0 Å². The smallest absolute Gasteiger partial charge is 0.460 e. The first-order chi connectivity index (χ1) is 17.9. The molecule has 0 amide bonds. The standard InChI is InChI=1S/C24H17F13O3/c1-12-9-15(10-13(2)17(12)38)11-14-3-5-16(6-4-14)18(39)40-8-7-19(25,26)20(27,28)21(29,30)22(31,32)23(33,34)24(35,36)37/h3-6,9-11H,7-8H2,1-2H3. The molecule has 0 saturated carbocycles. The summed E-state index contributed by atoms with van der Waals surface area (Å²) in [7, 11) is 0. The van der Waals surface area contributed by atoms with Gasteiger partial charge in [0.1, 0.15) is 0 Å². The molecule has 3 nitrogen and oxygen atoms in total. The number of ether oxygens (including phenoxy) is 1. The highest BCUT2D eigenvalue weighted by Crippen LogP contribution is 2.60. The molecule has 0 unspecified atom stereocenters. The highest BCUT2D eigenvalue weighted by atomic mass is 19.4. The normalized spacial score (nSPS) is 16.0. The fourth-order valence-corrected chi connectivity index (χ4v) is 3.29. The van der Waals surface area contributed by atoms with Crippen LogP contribution >= 0.6 is 0 Å². The Balaban J connectivity index is 2.12. The van der Waals surface area contributed by atoms with Crippen LogP contribution in [-0.2, 0) is 9.53 Å². The maximum Gasteiger partial charge on any atom is 0.460 e. The quantitative estimate of drug-likeness (QED) is 0.215. The van der Waals surface area contributed by atoms with Gasteiger partial charge in [0.25, 0.3) is 0 Å². The second-order valence-corrected chi connectivity index (χ2v) is 8.64.